The van der Waals surface area contributed by atoms with E-state index in [1.54, 1.807) is 13.3 Å². The molecule has 0 bridgehead atoms. The molecule has 0 spiro atoms. The largest absolute Gasteiger partial charge is 0.394 e. The van der Waals surface area contributed by atoms with Crippen LogP contribution in [-0.2, 0) is 11.3 Å². The predicted octanol–water partition coefficient (Wildman–Crippen LogP) is 0.912. The van der Waals surface area contributed by atoms with Crippen LogP contribution < -0.4 is 0 Å². The number of rotatable bonds is 3. The molecule has 6 heteroatoms. The highest BCUT2D eigenvalue weighted by molar-refractivity contribution is 5.75. The molecule has 0 radical (unpaired) electrons. The van der Waals surface area contributed by atoms with Crippen LogP contribution in [0.25, 0.3) is 0 Å². The number of carbonyl (C=O) groups is 1. The van der Waals surface area contributed by atoms with Gasteiger partial charge in [-0.2, -0.15) is 0 Å². The summed E-state index contributed by atoms with van der Waals surface area (Å²) < 4.78 is 0. The number of nitrogens with zero attached hydrogens (tertiary/aromatic N) is 3. The summed E-state index contributed by atoms with van der Waals surface area (Å²) >= 11 is 0. The maximum atomic E-state index is 12.0. The van der Waals surface area contributed by atoms with Crippen molar-refractivity contribution in [3.63, 3.8) is 0 Å². The Balaban J connectivity index is 1.72. The molecule has 122 valence electrons. The Kier molecular flexibility index (Phi) is 3.99. The number of aromatic nitrogens is 2. The molecule has 2 aliphatic rings. The number of fused-ring (bicyclic) bond motifs is 1. The normalized spacial score (nSPS) is 32.3. The maximum absolute atomic E-state index is 12.0. The first-order valence-electron chi connectivity index (χ1n) is 8.06. The first-order chi connectivity index (χ1) is 10.4. The Morgan fingerprint density at radius 2 is 2.36 bits per heavy atom. The van der Waals surface area contributed by atoms with Gasteiger partial charge in [0.1, 0.15) is 0 Å². The van der Waals surface area contributed by atoms with E-state index in [1.807, 2.05) is 18.7 Å². The van der Waals surface area contributed by atoms with Gasteiger partial charge < -0.3 is 15.0 Å². The van der Waals surface area contributed by atoms with E-state index in [9.17, 15) is 9.90 Å². The van der Waals surface area contributed by atoms with Gasteiger partial charge in [0, 0.05) is 38.3 Å². The molecule has 1 aromatic rings. The van der Waals surface area contributed by atoms with Gasteiger partial charge in [-0.3, -0.25) is 9.69 Å². The number of imidazole rings is 1. The van der Waals surface area contributed by atoms with E-state index in [-0.39, 0.29) is 18.6 Å². The lowest BCUT2D eigenvalue weighted by molar-refractivity contribution is -0.137. The van der Waals surface area contributed by atoms with Crippen LogP contribution in [0.1, 0.15) is 38.1 Å². The lowest BCUT2D eigenvalue weighted by Crippen LogP contribution is -2.52. The van der Waals surface area contributed by atoms with Gasteiger partial charge in [-0.1, -0.05) is 0 Å². The van der Waals surface area contributed by atoms with E-state index in [2.05, 4.69) is 14.9 Å². The number of aliphatic hydroxyl groups excluding tert-OH is 1. The average Bonchev–Trinajstić information content (AvgIpc) is 2.99. The quantitative estimate of drug-likeness (QED) is 0.871. The minimum Gasteiger partial charge on any atom is -0.394 e. The first kappa shape index (κ1) is 15.5. The molecule has 1 amide bonds. The molecule has 1 aromatic heterocycles. The summed E-state index contributed by atoms with van der Waals surface area (Å²) in [5.41, 5.74) is 1.82. The van der Waals surface area contributed by atoms with Crippen molar-refractivity contribution in [2.45, 2.75) is 51.7 Å². The Morgan fingerprint density at radius 3 is 2.95 bits per heavy atom. The summed E-state index contributed by atoms with van der Waals surface area (Å²) in [5.74, 6) is 0.523. The second-order valence-electron chi connectivity index (χ2n) is 7.07. The van der Waals surface area contributed by atoms with Crippen LogP contribution in [0.3, 0.4) is 0 Å². The molecular weight excluding hydrogens is 280 g/mol. The number of H-pyrrole nitrogens is 1. The number of likely N-dealkylation sites (tertiary alicyclic amines) is 2. The number of piperidine rings is 1. The molecule has 2 fully saturated rings. The number of nitrogens with one attached hydrogen (secondary N) is 1. The number of hydrogen-bond acceptors (Lipinski definition) is 4. The van der Waals surface area contributed by atoms with Crippen LogP contribution in [0.5, 0.6) is 0 Å². The van der Waals surface area contributed by atoms with Gasteiger partial charge >= 0.3 is 0 Å². The smallest absolute Gasteiger partial charge is 0.220 e. The van der Waals surface area contributed by atoms with Crippen LogP contribution in [0, 0.1) is 12.8 Å². The van der Waals surface area contributed by atoms with Crippen LogP contribution in [0.15, 0.2) is 6.33 Å². The van der Waals surface area contributed by atoms with Gasteiger partial charge in [-0.25, -0.2) is 4.98 Å². The third kappa shape index (κ3) is 2.54. The zero-order chi connectivity index (χ0) is 15.9. The molecule has 0 saturated carbocycles. The minimum atomic E-state index is -0.403. The summed E-state index contributed by atoms with van der Waals surface area (Å²) in [4.78, 5) is 23.9. The lowest BCUT2D eigenvalue weighted by Gasteiger charge is -2.40. The molecule has 3 heterocycles. The number of hydrogen-bond donors (Lipinski definition) is 2. The van der Waals surface area contributed by atoms with Crippen molar-refractivity contribution in [1.82, 2.24) is 19.8 Å². The van der Waals surface area contributed by atoms with E-state index >= 15 is 0 Å². The number of aromatic amines is 1. The summed E-state index contributed by atoms with van der Waals surface area (Å²) in [6.45, 7) is 8.51. The van der Waals surface area contributed by atoms with Crippen molar-refractivity contribution in [2.75, 3.05) is 19.7 Å². The maximum Gasteiger partial charge on any atom is 0.220 e. The molecule has 3 atom stereocenters. The molecule has 3 rings (SSSR count). The highest BCUT2D eigenvalue weighted by atomic mass is 16.3. The lowest BCUT2D eigenvalue weighted by atomic mass is 9.89. The Hall–Kier alpha value is -1.40. The SMILES string of the molecule is CC(=O)N1[C@H]2CCN(Cc3nc[nH]c3C)C[C@@H]2C[C@]1(C)CO. The fourth-order valence-electron chi connectivity index (χ4n) is 4.36. The van der Waals surface area contributed by atoms with E-state index in [0.717, 1.165) is 43.9 Å². The van der Waals surface area contributed by atoms with E-state index in [1.165, 1.54) is 0 Å². The fraction of sp³-hybridized carbons (Fsp3) is 0.750. The zero-order valence-corrected chi connectivity index (χ0v) is 13.7. The third-order valence-corrected chi connectivity index (χ3v) is 5.38. The van der Waals surface area contributed by atoms with Crippen molar-refractivity contribution < 1.29 is 9.90 Å². The van der Waals surface area contributed by atoms with Gasteiger partial charge in [-0.05, 0) is 32.6 Å². The van der Waals surface area contributed by atoms with Crippen molar-refractivity contribution in [2.24, 2.45) is 5.92 Å². The van der Waals surface area contributed by atoms with Crippen molar-refractivity contribution >= 4 is 5.91 Å². The number of aliphatic hydroxyl groups is 1. The number of amides is 1. The Bertz CT molecular complexity index is 558. The molecule has 0 aliphatic carbocycles. The molecule has 2 saturated heterocycles. The molecule has 6 nitrogen and oxygen atoms in total. The van der Waals surface area contributed by atoms with Gasteiger partial charge in [-0.15, -0.1) is 0 Å². The summed E-state index contributed by atoms with van der Waals surface area (Å²) in [6, 6.07) is 0.270. The minimum absolute atomic E-state index is 0.0397. The van der Waals surface area contributed by atoms with Crippen LogP contribution in [0.4, 0.5) is 0 Å². The fourth-order valence-corrected chi connectivity index (χ4v) is 4.36. The van der Waals surface area contributed by atoms with Crippen LogP contribution in [0.2, 0.25) is 0 Å². The van der Waals surface area contributed by atoms with Crippen molar-refractivity contribution in [3.05, 3.63) is 17.7 Å². The molecule has 0 unspecified atom stereocenters. The molecular formula is C16H26N4O2. The Morgan fingerprint density at radius 1 is 1.59 bits per heavy atom. The van der Waals surface area contributed by atoms with Crippen LogP contribution >= 0.6 is 0 Å². The first-order valence-corrected chi connectivity index (χ1v) is 8.06. The zero-order valence-electron chi connectivity index (χ0n) is 13.7. The number of aryl methyl sites for hydroxylation is 1. The number of carbonyl (C=O) groups excluding carboxylic acids is 1. The van der Waals surface area contributed by atoms with Gasteiger partial charge in [0.15, 0.2) is 0 Å². The highest BCUT2D eigenvalue weighted by Crippen LogP contribution is 2.42. The molecule has 2 aliphatic heterocycles. The second kappa shape index (κ2) is 5.66. The highest BCUT2D eigenvalue weighted by Gasteiger charge is 2.51. The van der Waals surface area contributed by atoms with Gasteiger partial charge in [0.25, 0.3) is 0 Å². The van der Waals surface area contributed by atoms with Crippen molar-refractivity contribution in [1.29, 1.82) is 0 Å². The Labute approximate surface area is 131 Å². The van der Waals surface area contributed by atoms with Gasteiger partial charge in [0.2, 0.25) is 5.91 Å². The van der Waals surface area contributed by atoms with Crippen molar-refractivity contribution in [3.8, 4) is 0 Å². The standard InChI is InChI=1S/C16H26N4O2/c1-11-14(18-10-17-11)8-19-5-4-15-13(7-19)6-16(3,9-21)20(15)12(2)22/h10,13,15,21H,4-9H2,1-3H3,(H,17,18)/t13-,15-,16+/m0/s1. The average molecular weight is 306 g/mol. The topological polar surface area (TPSA) is 72.5 Å². The summed E-state index contributed by atoms with van der Waals surface area (Å²) in [7, 11) is 0. The molecule has 22 heavy (non-hydrogen) atoms. The third-order valence-electron chi connectivity index (χ3n) is 5.38. The summed E-state index contributed by atoms with van der Waals surface area (Å²) in [6.07, 6.45) is 3.60. The monoisotopic (exact) mass is 306 g/mol. The molecule has 0 aromatic carbocycles. The van der Waals surface area contributed by atoms with E-state index in [0.29, 0.717) is 5.92 Å². The molecule has 2 N–H and O–H groups in total. The predicted molar refractivity (Wildman–Crippen MR) is 83.1 cm³/mol. The second-order valence-corrected chi connectivity index (χ2v) is 7.07. The van der Waals surface area contributed by atoms with E-state index < -0.39 is 5.54 Å². The summed E-state index contributed by atoms with van der Waals surface area (Å²) in [5, 5.41) is 9.78. The van der Waals surface area contributed by atoms with E-state index in [4.69, 9.17) is 0 Å². The van der Waals surface area contributed by atoms with Crippen LogP contribution in [-0.4, -0.2) is 62.1 Å². The van der Waals surface area contributed by atoms with Gasteiger partial charge in [0.05, 0.1) is 24.2 Å².